The molecule has 2 aliphatic heterocycles. The first-order valence-corrected chi connectivity index (χ1v) is 19.1. The van der Waals surface area contributed by atoms with Crippen molar-refractivity contribution in [2.45, 2.75) is 24.9 Å². The predicted octanol–water partition coefficient (Wildman–Crippen LogP) is 8.05. The number of nitrogens with zero attached hydrogens (tertiary/aromatic N) is 4. The van der Waals surface area contributed by atoms with Gasteiger partial charge in [-0.3, -0.25) is 14.4 Å². The van der Waals surface area contributed by atoms with Crippen molar-refractivity contribution in [1.82, 2.24) is 0 Å². The smallest absolute Gasteiger partial charge is 0.329 e. The number of Topliss-reactive ketones (excluding diaryl/α,β-unsaturated/α-hetero) is 1. The average molecular weight is 773 g/mol. The number of rotatable bonds is 8. The molecule has 0 aromatic heterocycles. The molecule has 2 aliphatic carbocycles. The van der Waals surface area contributed by atoms with Crippen molar-refractivity contribution in [3.8, 4) is 0 Å². The van der Waals surface area contributed by atoms with Gasteiger partial charge >= 0.3 is 11.9 Å². The van der Waals surface area contributed by atoms with E-state index in [2.05, 4.69) is 0 Å². The summed E-state index contributed by atoms with van der Waals surface area (Å²) in [6, 6.07) is 40.3. The number of hydrogen-bond donors (Lipinski definition) is 0. The van der Waals surface area contributed by atoms with E-state index in [4.69, 9.17) is 19.7 Å². The summed E-state index contributed by atoms with van der Waals surface area (Å²) >= 11 is 0. The van der Waals surface area contributed by atoms with E-state index in [0.717, 1.165) is 5.39 Å². The molecule has 2 spiro atoms. The molecule has 6 aromatic carbocycles. The van der Waals surface area contributed by atoms with Gasteiger partial charge in [0.1, 0.15) is 22.7 Å². The minimum absolute atomic E-state index is 0.0477. The van der Waals surface area contributed by atoms with E-state index in [0.29, 0.717) is 27.9 Å². The Morgan fingerprint density at radius 1 is 0.552 bits per heavy atom. The van der Waals surface area contributed by atoms with Crippen LogP contribution in [0.5, 0.6) is 0 Å². The highest BCUT2D eigenvalue weighted by Crippen LogP contribution is 2.81. The van der Waals surface area contributed by atoms with Crippen molar-refractivity contribution in [2.24, 2.45) is 21.0 Å². The lowest BCUT2D eigenvalue weighted by Gasteiger charge is -2.53. The van der Waals surface area contributed by atoms with Crippen LogP contribution in [-0.4, -0.2) is 42.4 Å². The first kappa shape index (κ1) is 35.4. The second kappa shape index (κ2) is 12.5. The van der Waals surface area contributed by atoms with Crippen LogP contribution in [0, 0.1) is 22.5 Å². The summed E-state index contributed by atoms with van der Waals surface area (Å²) in [5.74, 6) is -3.91. The standard InChI is InChI=1S/C47H34F2N4O5/c1-3-57-42(55)44-39(30-21-25-32(48)26-22-30)50-52(34-15-7-5-8-16-34)46(44)36-19-11-13-29-14-12-20-37(38(29)36)47(46)45(41(44)54,43(56)58-4-2)40(31-23-27-33(49)28-24-31)51-53(47)35-17-9-6-10-18-35/h5-28H,3-4H2,1-2H3. The molecule has 0 N–H and O–H groups in total. The Morgan fingerprint density at radius 3 is 1.33 bits per heavy atom. The minimum Gasteiger partial charge on any atom is -0.465 e. The van der Waals surface area contributed by atoms with Crippen LogP contribution in [0.15, 0.2) is 156 Å². The number of carbonyl (C=O) groups excluding carboxylic acids is 3. The Hall–Kier alpha value is -7.01. The number of ether oxygens (including phenoxy) is 2. The zero-order valence-corrected chi connectivity index (χ0v) is 31.4. The van der Waals surface area contributed by atoms with Crippen molar-refractivity contribution in [1.29, 1.82) is 0 Å². The number of benzene rings is 6. The highest BCUT2D eigenvalue weighted by Gasteiger charge is 2.99. The number of ketones is 1. The lowest BCUT2D eigenvalue weighted by Crippen LogP contribution is -2.69. The second-order valence-corrected chi connectivity index (χ2v) is 14.6. The van der Waals surface area contributed by atoms with Gasteiger partial charge in [-0.05, 0) is 95.4 Å². The Labute approximate surface area is 331 Å². The third-order valence-corrected chi connectivity index (χ3v) is 12.1. The van der Waals surface area contributed by atoms with Gasteiger partial charge in [-0.2, -0.15) is 10.2 Å². The summed E-state index contributed by atoms with van der Waals surface area (Å²) < 4.78 is 41.8. The molecule has 4 aliphatic rings. The number of carbonyl (C=O) groups is 3. The Bertz CT molecular complexity index is 2580. The van der Waals surface area contributed by atoms with Gasteiger partial charge in [0.05, 0.1) is 36.0 Å². The summed E-state index contributed by atoms with van der Waals surface area (Å²) in [5.41, 5.74) is -6.62. The van der Waals surface area contributed by atoms with Crippen LogP contribution in [0.3, 0.4) is 0 Å². The first-order chi connectivity index (χ1) is 28.3. The van der Waals surface area contributed by atoms with E-state index < -0.39 is 51.3 Å². The van der Waals surface area contributed by atoms with Crippen LogP contribution >= 0.6 is 0 Å². The molecule has 4 unspecified atom stereocenters. The summed E-state index contributed by atoms with van der Waals surface area (Å²) in [5, 5.41) is 15.4. The maximum atomic E-state index is 17.2. The third kappa shape index (κ3) is 3.90. The summed E-state index contributed by atoms with van der Waals surface area (Å²) in [4.78, 5) is 48.9. The van der Waals surface area contributed by atoms with Crippen LogP contribution in [0.25, 0.3) is 10.8 Å². The molecule has 9 nitrogen and oxygen atoms in total. The second-order valence-electron chi connectivity index (χ2n) is 14.6. The molecule has 11 heteroatoms. The van der Waals surface area contributed by atoms with Gasteiger partial charge in [0.2, 0.25) is 10.8 Å². The van der Waals surface area contributed by atoms with Crippen molar-refractivity contribution < 1.29 is 32.6 Å². The SMILES string of the molecule is CCOC(=O)C12C(=O)C3(C(=O)OCC)C(c4ccc(F)cc4)=NN(c4ccccc4)C34c3cccc5cccc(c35)C14N(c1ccccc1)N=C2c1ccc(F)cc1. The van der Waals surface area contributed by atoms with Gasteiger partial charge in [0.25, 0.3) is 0 Å². The molecule has 6 aromatic rings. The number of halogens is 2. The largest absolute Gasteiger partial charge is 0.465 e. The van der Waals surface area contributed by atoms with Crippen LogP contribution < -0.4 is 10.0 Å². The lowest BCUT2D eigenvalue weighted by atomic mass is 9.58. The van der Waals surface area contributed by atoms with Gasteiger partial charge in [0, 0.05) is 0 Å². The summed E-state index contributed by atoms with van der Waals surface area (Å²) in [6.07, 6.45) is 0. The minimum atomic E-state index is -2.48. The highest BCUT2D eigenvalue weighted by atomic mass is 19.1. The molecule has 10 rings (SSSR count). The van der Waals surface area contributed by atoms with E-state index in [1.54, 1.807) is 23.9 Å². The van der Waals surface area contributed by atoms with Crippen LogP contribution in [0.4, 0.5) is 20.2 Å². The number of hydrazone groups is 2. The molecule has 286 valence electrons. The van der Waals surface area contributed by atoms with E-state index in [1.165, 1.54) is 48.5 Å². The Morgan fingerprint density at radius 2 is 0.948 bits per heavy atom. The zero-order chi connectivity index (χ0) is 40.0. The van der Waals surface area contributed by atoms with Crippen LogP contribution in [-0.2, 0) is 34.9 Å². The fraction of sp³-hybridized carbons (Fsp3) is 0.170. The number of hydrogen-bond acceptors (Lipinski definition) is 9. The monoisotopic (exact) mass is 772 g/mol. The summed E-state index contributed by atoms with van der Waals surface area (Å²) in [6.45, 7) is 3.01. The van der Waals surface area contributed by atoms with Gasteiger partial charge < -0.3 is 9.47 Å². The maximum absolute atomic E-state index is 17.2. The molecule has 0 radical (unpaired) electrons. The lowest BCUT2D eigenvalue weighted by molar-refractivity contribution is -0.160. The van der Waals surface area contributed by atoms with Crippen molar-refractivity contribution in [2.75, 3.05) is 23.2 Å². The maximum Gasteiger partial charge on any atom is 0.329 e. The molecule has 1 fully saturated rings. The van der Waals surface area contributed by atoms with Gasteiger partial charge in [-0.15, -0.1) is 0 Å². The van der Waals surface area contributed by atoms with Crippen molar-refractivity contribution >= 4 is 51.3 Å². The van der Waals surface area contributed by atoms with E-state index in [-0.39, 0.29) is 35.8 Å². The fourth-order valence-corrected chi connectivity index (χ4v) is 10.4. The fourth-order valence-electron chi connectivity index (χ4n) is 10.4. The third-order valence-electron chi connectivity index (χ3n) is 12.1. The molecular formula is C47H34F2N4O5. The van der Waals surface area contributed by atoms with Gasteiger partial charge in [-0.25, -0.2) is 18.8 Å². The Kier molecular flexibility index (Phi) is 7.63. The average Bonchev–Trinajstić information content (AvgIpc) is 3.89. The van der Waals surface area contributed by atoms with Gasteiger partial charge in [-0.1, -0.05) is 97.1 Å². The molecule has 0 saturated heterocycles. The molecule has 58 heavy (non-hydrogen) atoms. The topological polar surface area (TPSA) is 101 Å². The molecular weight excluding hydrogens is 739 g/mol. The summed E-state index contributed by atoms with van der Waals surface area (Å²) in [7, 11) is 0. The van der Waals surface area contributed by atoms with E-state index in [1.807, 2.05) is 97.1 Å². The van der Waals surface area contributed by atoms with E-state index >= 15 is 14.4 Å². The van der Waals surface area contributed by atoms with Crippen molar-refractivity contribution in [3.05, 3.63) is 179 Å². The van der Waals surface area contributed by atoms with E-state index in [9.17, 15) is 8.78 Å². The predicted molar refractivity (Wildman–Crippen MR) is 214 cm³/mol. The molecule has 2 heterocycles. The Balaban J connectivity index is 1.51. The van der Waals surface area contributed by atoms with Crippen LogP contribution in [0.1, 0.15) is 36.1 Å². The number of anilines is 2. The number of esters is 2. The number of para-hydroxylation sites is 2. The molecule has 0 bridgehead atoms. The molecule has 4 atom stereocenters. The van der Waals surface area contributed by atoms with Crippen molar-refractivity contribution in [3.63, 3.8) is 0 Å². The zero-order valence-electron chi connectivity index (χ0n) is 31.4. The first-order valence-electron chi connectivity index (χ1n) is 19.1. The normalized spacial score (nSPS) is 24.9. The van der Waals surface area contributed by atoms with Gasteiger partial charge in [0.15, 0.2) is 5.78 Å². The highest BCUT2D eigenvalue weighted by molar-refractivity contribution is 6.46. The molecule has 1 saturated carbocycles. The van der Waals surface area contributed by atoms with Crippen LogP contribution in [0.2, 0.25) is 0 Å². The molecule has 0 amide bonds. The quantitative estimate of drug-likeness (QED) is 0.114.